The van der Waals surface area contributed by atoms with Gasteiger partial charge in [0.15, 0.2) is 22.5 Å². The standard InChI is InChI=1S/C38H42N8O2S/c1-4-48-36(47)33-28(29-20-39-46(23(29)3)21-38-17-24-14-25(18-38)16-26(15-24)19-38)11-12-32(41-33)45-13-7-8-27-22(2)34(43-44-35(27)45)42-37-40-30-9-5-6-10-31(30)49-37/h5-6,9-12,20,24-26H,4,7-8,13-19,21H2,1-3H3,(H,40,42,43). The Labute approximate surface area is 290 Å². The molecule has 1 N–H and O–H groups in total. The molecule has 4 aromatic heterocycles. The Morgan fingerprint density at radius 3 is 2.53 bits per heavy atom. The summed E-state index contributed by atoms with van der Waals surface area (Å²) in [6.45, 7) is 8.00. The minimum atomic E-state index is -0.428. The predicted molar refractivity (Wildman–Crippen MR) is 192 cm³/mol. The van der Waals surface area contributed by atoms with Gasteiger partial charge in [-0.05, 0) is 120 Å². The topological polar surface area (TPSA) is 111 Å². The molecule has 4 fully saturated rings. The number of carbonyl (C=O) groups is 1. The van der Waals surface area contributed by atoms with Crippen molar-refractivity contribution in [2.75, 3.05) is 23.4 Å². The number of hydrogen-bond acceptors (Lipinski definition) is 10. The molecule has 252 valence electrons. The van der Waals surface area contributed by atoms with Gasteiger partial charge in [0, 0.05) is 41.0 Å². The second-order valence-electron chi connectivity index (χ2n) is 14.8. The Kier molecular flexibility index (Phi) is 7.44. The third-order valence-corrected chi connectivity index (χ3v) is 12.5. The molecule has 5 aromatic rings. The first-order valence-corrected chi connectivity index (χ1v) is 18.7. The zero-order valence-corrected chi connectivity index (χ0v) is 29.2. The summed E-state index contributed by atoms with van der Waals surface area (Å²) in [5.74, 6) is 4.38. The van der Waals surface area contributed by atoms with Crippen molar-refractivity contribution in [3.63, 3.8) is 0 Å². The van der Waals surface area contributed by atoms with Crippen LogP contribution in [0.15, 0.2) is 42.6 Å². The molecule has 4 aliphatic carbocycles. The van der Waals surface area contributed by atoms with E-state index in [0.29, 0.717) is 22.7 Å². The van der Waals surface area contributed by atoms with Crippen LogP contribution in [0.4, 0.5) is 22.6 Å². The summed E-state index contributed by atoms with van der Waals surface area (Å²) in [6, 6.07) is 12.1. The van der Waals surface area contributed by atoms with Gasteiger partial charge in [0.25, 0.3) is 0 Å². The molecule has 4 bridgehead atoms. The molecule has 1 aliphatic heterocycles. The van der Waals surface area contributed by atoms with Crippen molar-refractivity contribution in [2.24, 2.45) is 23.2 Å². The van der Waals surface area contributed by atoms with Crippen molar-refractivity contribution < 1.29 is 9.53 Å². The van der Waals surface area contributed by atoms with Gasteiger partial charge in [-0.2, -0.15) is 5.10 Å². The molecule has 5 heterocycles. The Morgan fingerprint density at radius 2 is 1.78 bits per heavy atom. The maximum absolute atomic E-state index is 13.5. The lowest BCUT2D eigenvalue weighted by molar-refractivity contribution is -0.0638. The van der Waals surface area contributed by atoms with Crippen LogP contribution in [0, 0.1) is 37.0 Å². The van der Waals surface area contributed by atoms with E-state index >= 15 is 0 Å². The second kappa shape index (κ2) is 11.9. The number of para-hydroxylation sites is 1. The highest BCUT2D eigenvalue weighted by Gasteiger charge is 2.51. The monoisotopic (exact) mass is 674 g/mol. The normalized spacial score (nSPS) is 24.0. The third kappa shape index (κ3) is 5.37. The van der Waals surface area contributed by atoms with Gasteiger partial charge in [-0.3, -0.25) is 4.68 Å². The number of nitrogens with one attached hydrogen (secondary N) is 1. The molecule has 49 heavy (non-hydrogen) atoms. The zero-order chi connectivity index (χ0) is 33.3. The SMILES string of the molecule is CCOC(=O)c1nc(N2CCCc3c2nnc(Nc2nc4ccccc4s2)c3C)ccc1-c1cnn(CC23CC4CC(CC(C4)C2)C3)c1C. The first-order chi connectivity index (χ1) is 23.9. The summed E-state index contributed by atoms with van der Waals surface area (Å²) in [5, 5.41) is 18.4. The molecule has 0 saturated heterocycles. The van der Waals surface area contributed by atoms with E-state index in [-0.39, 0.29) is 6.61 Å². The van der Waals surface area contributed by atoms with Crippen LogP contribution in [-0.2, 0) is 17.7 Å². The maximum Gasteiger partial charge on any atom is 0.357 e. The number of benzene rings is 1. The number of esters is 1. The summed E-state index contributed by atoms with van der Waals surface area (Å²) in [7, 11) is 0. The molecule has 0 unspecified atom stereocenters. The van der Waals surface area contributed by atoms with E-state index in [1.165, 1.54) is 38.5 Å². The van der Waals surface area contributed by atoms with Gasteiger partial charge in [-0.1, -0.05) is 23.5 Å². The molecular formula is C38H42N8O2S. The number of carbonyl (C=O) groups excluding carboxylic acids is 1. The van der Waals surface area contributed by atoms with Crippen LogP contribution < -0.4 is 10.2 Å². The van der Waals surface area contributed by atoms with Gasteiger partial charge < -0.3 is 15.0 Å². The highest BCUT2D eigenvalue weighted by atomic mass is 32.1. The highest BCUT2D eigenvalue weighted by Crippen LogP contribution is 2.60. The lowest BCUT2D eigenvalue weighted by Crippen LogP contribution is -2.48. The van der Waals surface area contributed by atoms with Crippen molar-refractivity contribution in [1.82, 2.24) is 29.9 Å². The number of ether oxygens (including phenoxy) is 1. The molecule has 0 spiro atoms. The molecule has 10 rings (SSSR count). The van der Waals surface area contributed by atoms with Crippen LogP contribution in [-0.4, -0.2) is 49.1 Å². The summed E-state index contributed by atoms with van der Waals surface area (Å²) < 4.78 is 8.89. The number of fused-ring (bicyclic) bond motifs is 2. The minimum Gasteiger partial charge on any atom is -0.461 e. The van der Waals surface area contributed by atoms with Crippen LogP contribution in [0.5, 0.6) is 0 Å². The van der Waals surface area contributed by atoms with E-state index in [0.717, 1.165) is 92.8 Å². The average molecular weight is 675 g/mol. The fraction of sp³-hybridized carbons (Fsp3) is 0.474. The lowest BCUT2D eigenvalue weighted by atomic mass is 9.49. The molecule has 1 aromatic carbocycles. The Bertz CT molecular complexity index is 2020. The number of rotatable bonds is 8. The summed E-state index contributed by atoms with van der Waals surface area (Å²) in [6.07, 6.45) is 12.0. The molecule has 10 nitrogen and oxygen atoms in total. The number of anilines is 4. The third-order valence-electron chi connectivity index (χ3n) is 11.6. The number of aromatic nitrogens is 6. The van der Waals surface area contributed by atoms with Gasteiger partial charge >= 0.3 is 5.97 Å². The maximum atomic E-state index is 13.5. The van der Waals surface area contributed by atoms with Crippen LogP contribution in [0.1, 0.15) is 79.2 Å². The second-order valence-corrected chi connectivity index (χ2v) is 15.9. The Hall–Kier alpha value is -4.38. The van der Waals surface area contributed by atoms with E-state index in [4.69, 9.17) is 24.9 Å². The first-order valence-electron chi connectivity index (χ1n) is 17.8. The van der Waals surface area contributed by atoms with Crippen LogP contribution in [0.2, 0.25) is 0 Å². The number of hydrogen-bond donors (Lipinski definition) is 1. The lowest BCUT2D eigenvalue weighted by Gasteiger charge is -2.56. The summed E-state index contributed by atoms with van der Waals surface area (Å²) >= 11 is 1.60. The quantitative estimate of drug-likeness (QED) is 0.163. The van der Waals surface area contributed by atoms with Crippen molar-refractivity contribution in [1.29, 1.82) is 0 Å². The molecular weight excluding hydrogens is 633 g/mol. The van der Waals surface area contributed by atoms with Crippen LogP contribution in [0.25, 0.3) is 21.3 Å². The molecule has 4 saturated carbocycles. The molecule has 11 heteroatoms. The van der Waals surface area contributed by atoms with Gasteiger partial charge in [0.1, 0.15) is 5.82 Å². The van der Waals surface area contributed by atoms with Gasteiger partial charge in [0.05, 0.1) is 23.0 Å². The number of pyridine rings is 1. The fourth-order valence-corrected chi connectivity index (χ4v) is 10.7. The number of thiazole rings is 1. The highest BCUT2D eigenvalue weighted by molar-refractivity contribution is 7.22. The van der Waals surface area contributed by atoms with Crippen LogP contribution in [0.3, 0.4) is 0 Å². The van der Waals surface area contributed by atoms with Gasteiger partial charge in [0.2, 0.25) is 0 Å². The number of nitrogens with zero attached hydrogens (tertiary/aromatic N) is 7. The van der Waals surface area contributed by atoms with Crippen molar-refractivity contribution in [3.8, 4) is 11.1 Å². The zero-order valence-electron chi connectivity index (χ0n) is 28.4. The van der Waals surface area contributed by atoms with Crippen molar-refractivity contribution >= 4 is 50.1 Å². The van der Waals surface area contributed by atoms with E-state index in [1.54, 1.807) is 11.3 Å². The largest absolute Gasteiger partial charge is 0.461 e. The minimum absolute atomic E-state index is 0.274. The molecule has 0 radical (unpaired) electrons. The van der Waals surface area contributed by atoms with E-state index in [9.17, 15) is 4.79 Å². The van der Waals surface area contributed by atoms with Gasteiger partial charge in [-0.25, -0.2) is 14.8 Å². The van der Waals surface area contributed by atoms with Crippen LogP contribution >= 0.6 is 11.3 Å². The summed E-state index contributed by atoms with van der Waals surface area (Å²) in [4.78, 5) is 25.3. The predicted octanol–water partition coefficient (Wildman–Crippen LogP) is 8.18. The van der Waals surface area contributed by atoms with Gasteiger partial charge in [-0.15, -0.1) is 10.2 Å². The van der Waals surface area contributed by atoms with E-state index in [2.05, 4.69) is 39.9 Å². The van der Waals surface area contributed by atoms with Crippen molar-refractivity contribution in [3.05, 3.63) is 65.1 Å². The first kappa shape index (κ1) is 30.7. The fourth-order valence-electron chi connectivity index (χ4n) is 9.79. The summed E-state index contributed by atoms with van der Waals surface area (Å²) in [5.41, 5.74) is 6.56. The smallest absolute Gasteiger partial charge is 0.357 e. The molecule has 0 atom stereocenters. The molecule has 0 amide bonds. The molecule has 5 aliphatic rings. The Morgan fingerprint density at radius 1 is 1.00 bits per heavy atom. The Balaban J connectivity index is 1.02. The average Bonchev–Trinajstić information content (AvgIpc) is 3.67. The van der Waals surface area contributed by atoms with E-state index < -0.39 is 5.97 Å². The van der Waals surface area contributed by atoms with Crippen molar-refractivity contribution in [2.45, 2.75) is 78.7 Å². The van der Waals surface area contributed by atoms with E-state index in [1.807, 2.05) is 43.5 Å².